The van der Waals surface area contributed by atoms with Crippen LogP contribution in [0.4, 0.5) is 5.13 Å². The number of hydrogen-bond donors (Lipinski definition) is 0. The Labute approximate surface area is 197 Å². The number of rotatable bonds is 5. The van der Waals surface area contributed by atoms with Crippen molar-refractivity contribution in [2.45, 2.75) is 20.4 Å². The number of anilines is 1. The van der Waals surface area contributed by atoms with E-state index in [-0.39, 0.29) is 5.91 Å². The van der Waals surface area contributed by atoms with Gasteiger partial charge in [-0.2, -0.15) is 0 Å². The molecule has 0 saturated heterocycles. The van der Waals surface area contributed by atoms with Crippen molar-refractivity contribution in [1.29, 1.82) is 0 Å². The molecule has 0 aliphatic rings. The summed E-state index contributed by atoms with van der Waals surface area (Å²) < 4.78 is 1.08. The lowest BCUT2D eigenvalue weighted by atomic mass is 10.0. The molecule has 0 spiro atoms. The normalized spacial score (nSPS) is 11.0. The molecule has 2 heterocycles. The molecule has 2 aromatic heterocycles. The van der Waals surface area contributed by atoms with Crippen molar-refractivity contribution in [2.24, 2.45) is 0 Å². The highest BCUT2D eigenvalue weighted by atomic mass is 32.1. The SMILES string of the molecule is Cc1cc(C)c2nc(N(Cc3ccccn3)C(=O)c3ccc(-c4ccccc4)cc3)sc2c1. The third-order valence-corrected chi connectivity index (χ3v) is 6.61. The van der Waals surface area contributed by atoms with Gasteiger partial charge in [0.2, 0.25) is 0 Å². The summed E-state index contributed by atoms with van der Waals surface area (Å²) >= 11 is 1.54. The number of hydrogen-bond acceptors (Lipinski definition) is 4. The lowest BCUT2D eigenvalue weighted by Gasteiger charge is -2.20. The zero-order valence-electron chi connectivity index (χ0n) is 18.5. The number of pyridine rings is 1. The van der Waals surface area contributed by atoms with Gasteiger partial charge in [-0.1, -0.05) is 65.9 Å². The number of nitrogens with zero attached hydrogens (tertiary/aromatic N) is 3. The molecule has 0 fully saturated rings. The van der Waals surface area contributed by atoms with Crippen LogP contribution in [0, 0.1) is 13.8 Å². The van der Waals surface area contributed by atoms with Crippen LogP contribution in [0.5, 0.6) is 0 Å². The predicted octanol–water partition coefficient (Wildman–Crippen LogP) is 6.82. The van der Waals surface area contributed by atoms with E-state index in [1.165, 1.54) is 5.56 Å². The Morgan fingerprint density at radius 2 is 1.61 bits per heavy atom. The number of amides is 1. The van der Waals surface area contributed by atoms with Gasteiger partial charge in [-0.3, -0.25) is 14.7 Å². The second-order valence-electron chi connectivity index (χ2n) is 8.08. The Bertz CT molecular complexity index is 1410. The van der Waals surface area contributed by atoms with Gasteiger partial charge >= 0.3 is 0 Å². The standard InChI is InChI=1S/C28H23N3OS/c1-19-16-20(2)26-25(17-19)33-28(30-26)31(18-24-10-6-7-15-29-24)27(32)23-13-11-22(12-14-23)21-8-4-3-5-9-21/h3-17H,18H2,1-2H3. The number of aromatic nitrogens is 2. The fourth-order valence-electron chi connectivity index (χ4n) is 3.95. The monoisotopic (exact) mass is 449 g/mol. The van der Waals surface area contributed by atoms with Crippen molar-refractivity contribution in [2.75, 3.05) is 4.90 Å². The molecule has 3 aromatic carbocycles. The first-order chi connectivity index (χ1) is 16.1. The summed E-state index contributed by atoms with van der Waals surface area (Å²) in [6, 6.07) is 27.9. The average molecular weight is 450 g/mol. The highest BCUT2D eigenvalue weighted by Gasteiger charge is 2.23. The Kier molecular flexibility index (Phi) is 5.71. The van der Waals surface area contributed by atoms with Crippen molar-refractivity contribution in [3.63, 3.8) is 0 Å². The van der Waals surface area contributed by atoms with Gasteiger partial charge in [-0.05, 0) is 66.4 Å². The number of aryl methyl sites for hydroxylation is 2. The lowest BCUT2D eigenvalue weighted by molar-refractivity contribution is 0.0985. The number of fused-ring (bicyclic) bond motifs is 1. The highest BCUT2D eigenvalue weighted by Crippen LogP contribution is 2.33. The third-order valence-electron chi connectivity index (χ3n) is 5.58. The fraction of sp³-hybridized carbons (Fsp3) is 0.107. The number of carbonyl (C=O) groups is 1. The second-order valence-corrected chi connectivity index (χ2v) is 9.09. The summed E-state index contributed by atoms with van der Waals surface area (Å²) in [6.07, 6.45) is 1.75. The summed E-state index contributed by atoms with van der Waals surface area (Å²) in [5.74, 6) is -0.0892. The molecule has 1 amide bonds. The van der Waals surface area contributed by atoms with Crippen LogP contribution >= 0.6 is 11.3 Å². The lowest BCUT2D eigenvalue weighted by Crippen LogP contribution is -2.30. The van der Waals surface area contributed by atoms with Crippen molar-refractivity contribution < 1.29 is 4.79 Å². The van der Waals surface area contributed by atoms with Gasteiger partial charge in [0.1, 0.15) is 0 Å². The molecule has 0 unspecified atom stereocenters. The van der Waals surface area contributed by atoms with Gasteiger partial charge in [0, 0.05) is 11.8 Å². The zero-order valence-corrected chi connectivity index (χ0v) is 19.3. The molecule has 5 heteroatoms. The molecular weight excluding hydrogens is 426 g/mol. The topological polar surface area (TPSA) is 46.1 Å². The van der Waals surface area contributed by atoms with Gasteiger partial charge in [0.25, 0.3) is 5.91 Å². The van der Waals surface area contributed by atoms with E-state index in [0.29, 0.717) is 17.2 Å². The average Bonchev–Trinajstić information content (AvgIpc) is 3.27. The number of benzene rings is 3. The molecule has 33 heavy (non-hydrogen) atoms. The molecule has 0 aliphatic heterocycles. The largest absolute Gasteiger partial charge is 0.278 e. The molecule has 0 aliphatic carbocycles. The maximum atomic E-state index is 13.7. The van der Waals surface area contributed by atoms with Gasteiger partial charge < -0.3 is 0 Å². The smallest absolute Gasteiger partial charge is 0.260 e. The van der Waals surface area contributed by atoms with Crippen molar-refractivity contribution >= 4 is 32.6 Å². The van der Waals surface area contributed by atoms with Gasteiger partial charge in [0.15, 0.2) is 5.13 Å². The maximum absolute atomic E-state index is 13.7. The molecule has 0 N–H and O–H groups in total. The van der Waals surface area contributed by atoms with E-state index in [1.54, 1.807) is 22.4 Å². The maximum Gasteiger partial charge on any atom is 0.260 e. The van der Waals surface area contributed by atoms with E-state index < -0.39 is 0 Å². The molecule has 162 valence electrons. The quantitative estimate of drug-likeness (QED) is 0.296. The van der Waals surface area contributed by atoms with Crippen LogP contribution in [0.1, 0.15) is 27.2 Å². The Morgan fingerprint density at radius 1 is 0.879 bits per heavy atom. The Morgan fingerprint density at radius 3 is 2.33 bits per heavy atom. The van der Waals surface area contributed by atoms with Crippen LogP contribution < -0.4 is 4.90 Å². The van der Waals surface area contributed by atoms with E-state index in [4.69, 9.17) is 4.98 Å². The first kappa shape index (κ1) is 21.0. The minimum absolute atomic E-state index is 0.0892. The molecule has 0 bridgehead atoms. The molecule has 4 nitrogen and oxygen atoms in total. The molecule has 5 rings (SSSR count). The van der Waals surface area contributed by atoms with E-state index in [0.717, 1.165) is 32.6 Å². The van der Waals surface area contributed by atoms with Crippen LogP contribution in [0.15, 0.2) is 91.1 Å². The summed E-state index contributed by atoms with van der Waals surface area (Å²) in [4.78, 5) is 24.7. The van der Waals surface area contributed by atoms with Crippen molar-refractivity contribution in [3.8, 4) is 11.1 Å². The molecule has 0 radical (unpaired) electrons. The third kappa shape index (κ3) is 4.41. The van der Waals surface area contributed by atoms with Crippen molar-refractivity contribution in [3.05, 3.63) is 114 Å². The van der Waals surface area contributed by atoms with E-state index in [9.17, 15) is 4.79 Å². The zero-order chi connectivity index (χ0) is 22.8. The minimum atomic E-state index is -0.0892. The van der Waals surface area contributed by atoms with Crippen LogP contribution in [-0.4, -0.2) is 15.9 Å². The first-order valence-electron chi connectivity index (χ1n) is 10.8. The predicted molar refractivity (Wildman–Crippen MR) is 136 cm³/mol. The molecule has 0 atom stereocenters. The fourth-order valence-corrected chi connectivity index (χ4v) is 5.09. The molecular formula is C28H23N3OS. The van der Waals surface area contributed by atoms with Gasteiger partial charge in [0.05, 0.1) is 22.5 Å². The number of carbonyl (C=O) groups excluding carboxylic acids is 1. The highest BCUT2D eigenvalue weighted by molar-refractivity contribution is 7.22. The Balaban J connectivity index is 1.53. The first-order valence-corrected chi connectivity index (χ1v) is 11.7. The second kappa shape index (κ2) is 8.96. The Hall–Kier alpha value is -3.83. The summed E-state index contributed by atoms with van der Waals surface area (Å²) in [5, 5.41) is 0.682. The summed E-state index contributed by atoms with van der Waals surface area (Å²) in [6.45, 7) is 4.50. The van der Waals surface area contributed by atoms with E-state index in [1.807, 2.05) is 60.7 Å². The van der Waals surface area contributed by atoms with Gasteiger partial charge in [-0.15, -0.1) is 0 Å². The van der Waals surface area contributed by atoms with Crippen LogP contribution in [0.3, 0.4) is 0 Å². The number of thiazole rings is 1. The van der Waals surface area contributed by atoms with E-state index >= 15 is 0 Å². The van der Waals surface area contributed by atoms with Gasteiger partial charge in [-0.25, -0.2) is 4.98 Å². The summed E-state index contributed by atoms with van der Waals surface area (Å²) in [7, 11) is 0. The summed E-state index contributed by atoms with van der Waals surface area (Å²) in [5.41, 5.74) is 6.89. The van der Waals surface area contributed by atoms with Crippen LogP contribution in [-0.2, 0) is 6.54 Å². The molecule has 5 aromatic rings. The van der Waals surface area contributed by atoms with Crippen LogP contribution in [0.2, 0.25) is 0 Å². The minimum Gasteiger partial charge on any atom is -0.278 e. The van der Waals surface area contributed by atoms with Crippen molar-refractivity contribution in [1.82, 2.24) is 9.97 Å². The molecule has 0 saturated carbocycles. The van der Waals surface area contributed by atoms with E-state index in [2.05, 4.69) is 43.1 Å². The van der Waals surface area contributed by atoms with Crippen LogP contribution in [0.25, 0.3) is 21.3 Å².